The van der Waals surface area contributed by atoms with Crippen molar-refractivity contribution < 1.29 is 18.7 Å². The van der Waals surface area contributed by atoms with Crippen LogP contribution in [0.5, 0.6) is 0 Å². The number of rotatable bonds is 3. The third-order valence-corrected chi connectivity index (χ3v) is 5.95. The highest BCUT2D eigenvalue weighted by Gasteiger charge is 2.52. The Morgan fingerprint density at radius 2 is 1.96 bits per heavy atom. The monoisotopic (exact) mass is 352 g/mol. The molecule has 1 aromatic rings. The maximum absolute atomic E-state index is 13.8. The van der Waals surface area contributed by atoms with Crippen LogP contribution in [0.15, 0.2) is 18.2 Å². The molecular weight excluding hydrogens is 326 g/mol. The smallest absolute Gasteiger partial charge is 0.219 e. The number of carbonyl (C=O) groups is 1. The summed E-state index contributed by atoms with van der Waals surface area (Å²) in [6.45, 7) is 6.24. The van der Waals surface area contributed by atoms with Crippen molar-refractivity contribution >= 4 is 5.91 Å². The van der Waals surface area contributed by atoms with E-state index >= 15 is 0 Å². The van der Waals surface area contributed by atoms with Crippen LogP contribution in [0, 0.1) is 17.0 Å². The Kier molecular flexibility index (Phi) is 4.86. The maximum atomic E-state index is 13.8. The molecule has 2 aliphatic rings. The van der Waals surface area contributed by atoms with Crippen molar-refractivity contribution in [1.82, 2.24) is 9.80 Å². The van der Waals surface area contributed by atoms with E-state index < -0.39 is 17.2 Å². The van der Waals surface area contributed by atoms with E-state index in [1.807, 2.05) is 11.8 Å². The summed E-state index contributed by atoms with van der Waals surface area (Å²) in [4.78, 5) is 15.9. The SMILES string of the molecule is CC(=O)N1CC2(CCN(Cc3ccc(F)cc3F)CC2)C[C@@]1(C)CO. The summed E-state index contributed by atoms with van der Waals surface area (Å²) in [6, 6.07) is 3.72. The van der Waals surface area contributed by atoms with Crippen LogP contribution in [0.4, 0.5) is 8.78 Å². The van der Waals surface area contributed by atoms with Gasteiger partial charge in [0.1, 0.15) is 11.6 Å². The van der Waals surface area contributed by atoms with E-state index in [0.29, 0.717) is 18.7 Å². The molecule has 25 heavy (non-hydrogen) atoms. The lowest BCUT2D eigenvalue weighted by Crippen LogP contribution is -2.46. The minimum absolute atomic E-state index is 0.00392. The number of likely N-dealkylation sites (tertiary alicyclic amines) is 2. The van der Waals surface area contributed by atoms with Gasteiger partial charge in [-0.25, -0.2) is 8.78 Å². The van der Waals surface area contributed by atoms with Crippen LogP contribution in [0.1, 0.15) is 38.7 Å². The second-order valence-electron chi connectivity index (χ2n) is 7.95. The topological polar surface area (TPSA) is 43.8 Å². The summed E-state index contributed by atoms with van der Waals surface area (Å²) in [7, 11) is 0. The van der Waals surface area contributed by atoms with Crippen molar-refractivity contribution in [1.29, 1.82) is 0 Å². The number of hydrogen-bond donors (Lipinski definition) is 1. The van der Waals surface area contributed by atoms with Crippen LogP contribution >= 0.6 is 0 Å². The van der Waals surface area contributed by atoms with E-state index in [1.54, 1.807) is 6.92 Å². The fourth-order valence-electron chi connectivity index (χ4n) is 4.53. The molecule has 138 valence electrons. The minimum atomic E-state index is -0.558. The highest BCUT2D eigenvalue weighted by Crippen LogP contribution is 2.48. The molecule has 0 bridgehead atoms. The van der Waals surface area contributed by atoms with Gasteiger partial charge in [0.2, 0.25) is 5.91 Å². The molecular formula is C19H26F2N2O2. The molecule has 3 rings (SSSR count). The summed E-state index contributed by atoms with van der Waals surface area (Å²) >= 11 is 0. The van der Waals surface area contributed by atoms with Gasteiger partial charge in [-0.15, -0.1) is 0 Å². The van der Waals surface area contributed by atoms with Gasteiger partial charge >= 0.3 is 0 Å². The lowest BCUT2D eigenvalue weighted by molar-refractivity contribution is -0.134. The molecule has 1 N–H and O–H groups in total. The van der Waals surface area contributed by atoms with Crippen molar-refractivity contribution in [3.05, 3.63) is 35.4 Å². The number of piperidine rings is 1. The fourth-order valence-corrected chi connectivity index (χ4v) is 4.53. The Balaban J connectivity index is 1.65. The molecule has 0 aliphatic carbocycles. The van der Waals surface area contributed by atoms with Crippen LogP contribution < -0.4 is 0 Å². The minimum Gasteiger partial charge on any atom is -0.394 e. The van der Waals surface area contributed by atoms with Crippen molar-refractivity contribution in [2.75, 3.05) is 26.2 Å². The standard InChI is InChI=1S/C19H26F2N2O2/c1-14(25)23-12-19(11-18(23,2)13-24)5-7-22(8-6-19)10-15-3-4-16(20)9-17(15)21/h3-4,9,24H,5-8,10-13H2,1-2H3/t18-/m0/s1. The van der Waals surface area contributed by atoms with Gasteiger partial charge in [-0.1, -0.05) is 6.07 Å². The molecule has 4 nitrogen and oxygen atoms in total. The zero-order valence-corrected chi connectivity index (χ0v) is 14.9. The second-order valence-corrected chi connectivity index (χ2v) is 7.95. The van der Waals surface area contributed by atoms with E-state index in [9.17, 15) is 18.7 Å². The molecule has 2 aliphatic heterocycles. The number of hydrogen-bond acceptors (Lipinski definition) is 3. The van der Waals surface area contributed by atoms with E-state index in [-0.39, 0.29) is 17.9 Å². The van der Waals surface area contributed by atoms with E-state index in [0.717, 1.165) is 38.4 Å². The molecule has 0 saturated carbocycles. The van der Waals surface area contributed by atoms with E-state index in [2.05, 4.69) is 4.90 Å². The first-order chi connectivity index (χ1) is 11.8. The van der Waals surface area contributed by atoms with Gasteiger partial charge in [0, 0.05) is 31.6 Å². The molecule has 1 aromatic carbocycles. The third kappa shape index (κ3) is 3.55. The number of aliphatic hydroxyl groups excluding tert-OH is 1. The lowest BCUT2D eigenvalue weighted by atomic mass is 9.74. The average molecular weight is 352 g/mol. The molecule has 1 amide bonds. The van der Waals surface area contributed by atoms with Crippen LogP contribution in [-0.2, 0) is 11.3 Å². The van der Waals surface area contributed by atoms with Gasteiger partial charge < -0.3 is 10.0 Å². The third-order valence-electron chi connectivity index (χ3n) is 5.95. The van der Waals surface area contributed by atoms with Crippen molar-refractivity contribution in [3.63, 3.8) is 0 Å². The second kappa shape index (κ2) is 6.65. The van der Waals surface area contributed by atoms with Crippen LogP contribution in [0.25, 0.3) is 0 Å². The molecule has 0 unspecified atom stereocenters. The Hall–Kier alpha value is -1.53. The Morgan fingerprint density at radius 1 is 1.28 bits per heavy atom. The first-order valence-electron chi connectivity index (χ1n) is 8.82. The van der Waals surface area contributed by atoms with E-state index in [4.69, 9.17) is 0 Å². The van der Waals surface area contributed by atoms with Crippen LogP contribution in [0.2, 0.25) is 0 Å². The Morgan fingerprint density at radius 3 is 2.48 bits per heavy atom. The summed E-state index contributed by atoms with van der Waals surface area (Å²) in [5.41, 5.74) is 0.0484. The number of benzene rings is 1. The highest BCUT2D eigenvalue weighted by molar-refractivity contribution is 5.74. The van der Waals surface area contributed by atoms with Crippen LogP contribution in [0.3, 0.4) is 0 Å². The van der Waals surface area contributed by atoms with Crippen molar-refractivity contribution in [3.8, 4) is 0 Å². The van der Waals surface area contributed by atoms with Crippen LogP contribution in [-0.4, -0.2) is 52.6 Å². The Labute approximate surface area is 147 Å². The molecule has 1 spiro atoms. The lowest BCUT2D eigenvalue weighted by Gasteiger charge is -2.39. The predicted molar refractivity (Wildman–Crippen MR) is 90.8 cm³/mol. The molecule has 2 heterocycles. The van der Waals surface area contributed by atoms with Gasteiger partial charge in [-0.05, 0) is 50.8 Å². The van der Waals surface area contributed by atoms with Gasteiger partial charge in [0.25, 0.3) is 0 Å². The Bertz CT molecular complexity index is 659. The number of nitrogens with zero attached hydrogens (tertiary/aromatic N) is 2. The summed E-state index contributed by atoms with van der Waals surface area (Å²) in [5, 5.41) is 9.78. The number of carbonyl (C=O) groups excluding carboxylic acids is 1. The summed E-state index contributed by atoms with van der Waals surface area (Å²) < 4.78 is 26.9. The zero-order chi connectivity index (χ0) is 18.2. The first-order valence-corrected chi connectivity index (χ1v) is 8.82. The summed E-state index contributed by atoms with van der Waals surface area (Å²) in [5.74, 6) is -1.06. The largest absolute Gasteiger partial charge is 0.394 e. The molecule has 2 fully saturated rings. The van der Waals surface area contributed by atoms with E-state index in [1.165, 1.54) is 12.1 Å². The predicted octanol–water partition coefficient (Wildman–Crippen LogP) is 2.55. The molecule has 2 saturated heterocycles. The molecule has 0 aromatic heterocycles. The van der Waals surface area contributed by atoms with Gasteiger partial charge in [-0.2, -0.15) is 0 Å². The number of amides is 1. The number of halogens is 2. The molecule has 6 heteroatoms. The average Bonchev–Trinajstić information content (AvgIpc) is 2.86. The number of aliphatic hydroxyl groups is 1. The first kappa shape index (κ1) is 18.3. The van der Waals surface area contributed by atoms with Crippen molar-refractivity contribution in [2.45, 2.75) is 45.2 Å². The highest BCUT2D eigenvalue weighted by atomic mass is 19.1. The maximum Gasteiger partial charge on any atom is 0.219 e. The summed E-state index contributed by atoms with van der Waals surface area (Å²) in [6.07, 6.45) is 2.62. The van der Waals surface area contributed by atoms with Crippen molar-refractivity contribution in [2.24, 2.45) is 5.41 Å². The molecule has 1 atom stereocenters. The zero-order valence-electron chi connectivity index (χ0n) is 14.9. The fraction of sp³-hybridized carbons (Fsp3) is 0.632. The van der Waals surface area contributed by atoms with Gasteiger partial charge in [-0.3, -0.25) is 9.69 Å². The molecule has 0 radical (unpaired) electrons. The van der Waals surface area contributed by atoms with Gasteiger partial charge in [0.15, 0.2) is 0 Å². The normalized spacial score (nSPS) is 26.4. The quantitative estimate of drug-likeness (QED) is 0.909. The van der Waals surface area contributed by atoms with Gasteiger partial charge in [0.05, 0.1) is 12.1 Å².